The summed E-state index contributed by atoms with van der Waals surface area (Å²) in [5, 5.41) is 0. The number of aryl methyl sites for hydroxylation is 3. The molecule has 0 N–H and O–H groups in total. The molecule has 1 aromatic carbocycles. The summed E-state index contributed by atoms with van der Waals surface area (Å²) in [6, 6.07) is 12.3. The van der Waals surface area contributed by atoms with Gasteiger partial charge in [-0.1, -0.05) is 12.1 Å². The first-order valence-electron chi connectivity index (χ1n) is 12.7. The standard InChI is InChI=1S/C30H35NO5S2/c1-5-14-34-17-13-30(33)36-16-6-15-35-27-11-9-24(8-7-22(3)32)19-26(27)31-20-25-10-12-28(38-25)29-18-21(2)23(4)37-29/h5,9-12,18-20H,1,6-8,13-17H2,2-4H3/b31-20+. The number of hydrogen-bond donors (Lipinski definition) is 0. The van der Waals surface area contributed by atoms with Crippen LogP contribution in [0.15, 0.2) is 54.0 Å². The van der Waals surface area contributed by atoms with Gasteiger partial charge in [0.15, 0.2) is 0 Å². The van der Waals surface area contributed by atoms with Crippen LogP contribution in [0.2, 0.25) is 0 Å². The summed E-state index contributed by atoms with van der Waals surface area (Å²) in [6.07, 6.45) is 5.41. The summed E-state index contributed by atoms with van der Waals surface area (Å²) < 4.78 is 16.4. The number of aliphatic imine (C=N–C) groups is 1. The van der Waals surface area contributed by atoms with Crippen molar-refractivity contribution in [2.75, 3.05) is 26.4 Å². The number of thiophene rings is 2. The maximum atomic E-state index is 11.8. The largest absolute Gasteiger partial charge is 0.491 e. The van der Waals surface area contributed by atoms with Crippen molar-refractivity contribution in [2.24, 2.45) is 4.99 Å². The van der Waals surface area contributed by atoms with Crippen LogP contribution in [0, 0.1) is 13.8 Å². The highest BCUT2D eigenvalue weighted by Crippen LogP contribution is 2.35. The van der Waals surface area contributed by atoms with Crippen molar-refractivity contribution < 1.29 is 23.8 Å². The average Bonchev–Trinajstić information content (AvgIpc) is 3.50. The van der Waals surface area contributed by atoms with Crippen LogP contribution in [-0.2, 0) is 25.5 Å². The van der Waals surface area contributed by atoms with Crippen LogP contribution >= 0.6 is 22.7 Å². The van der Waals surface area contributed by atoms with E-state index in [1.165, 1.54) is 20.2 Å². The van der Waals surface area contributed by atoms with Crippen LogP contribution in [0.4, 0.5) is 5.69 Å². The van der Waals surface area contributed by atoms with E-state index in [0.717, 1.165) is 10.4 Å². The number of carbonyl (C=O) groups excluding carboxylic acids is 2. The van der Waals surface area contributed by atoms with Gasteiger partial charge in [0.1, 0.15) is 17.2 Å². The fourth-order valence-corrected chi connectivity index (χ4v) is 5.46. The topological polar surface area (TPSA) is 74.2 Å². The molecule has 3 aromatic rings. The number of rotatable bonds is 16. The van der Waals surface area contributed by atoms with Crippen molar-refractivity contribution in [3.63, 3.8) is 0 Å². The van der Waals surface area contributed by atoms with Gasteiger partial charge in [-0.15, -0.1) is 29.3 Å². The van der Waals surface area contributed by atoms with Crippen molar-refractivity contribution in [3.8, 4) is 15.5 Å². The van der Waals surface area contributed by atoms with Crippen LogP contribution in [0.25, 0.3) is 9.75 Å². The third kappa shape index (κ3) is 9.67. The number of ketones is 1. The van der Waals surface area contributed by atoms with Gasteiger partial charge in [-0.2, -0.15) is 0 Å². The Balaban J connectivity index is 1.61. The van der Waals surface area contributed by atoms with Gasteiger partial charge >= 0.3 is 5.97 Å². The lowest BCUT2D eigenvalue weighted by atomic mass is 10.1. The molecule has 202 valence electrons. The van der Waals surface area contributed by atoms with Gasteiger partial charge in [0.25, 0.3) is 0 Å². The maximum absolute atomic E-state index is 11.8. The van der Waals surface area contributed by atoms with E-state index >= 15 is 0 Å². The summed E-state index contributed by atoms with van der Waals surface area (Å²) in [6.45, 7) is 10.8. The molecule has 2 aromatic heterocycles. The number of carbonyl (C=O) groups is 2. The van der Waals surface area contributed by atoms with Crippen LogP contribution in [0.3, 0.4) is 0 Å². The number of ether oxygens (including phenoxy) is 3. The molecule has 0 unspecified atom stereocenters. The predicted molar refractivity (Wildman–Crippen MR) is 157 cm³/mol. The highest BCUT2D eigenvalue weighted by molar-refractivity contribution is 7.23. The van der Waals surface area contributed by atoms with Crippen molar-refractivity contribution in [3.05, 3.63) is 69.9 Å². The van der Waals surface area contributed by atoms with Gasteiger partial charge in [-0.05, 0) is 68.7 Å². The number of Topliss-reactive ketones (excluding diaryl/α,β-unsaturated/α-hetero) is 1. The smallest absolute Gasteiger partial charge is 0.308 e. The monoisotopic (exact) mass is 553 g/mol. The molecule has 38 heavy (non-hydrogen) atoms. The Morgan fingerprint density at radius 2 is 1.84 bits per heavy atom. The molecule has 0 saturated heterocycles. The molecule has 0 aliphatic heterocycles. The minimum Gasteiger partial charge on any atom is -0.491 e. The molecule has 0 saturated carbocycles. The number of nitrogens with zero attached hydrogens (tertiary/aromatic N) is 1. The fourth-order valence-electron chi connectivity index (χ4n) is 3.47. The molecule has 0 bridgehead atoms. The van der Waals surface area contributed by atoms with Crippen LogP contribution in [-0.4, -0.2) is 44.4 Å². The second-order valence-electron chi connectivity index (χ2n) is 8.85. The normalized spacial score (nSPS) is 11.1. The fraction of sp³-hybridized carbons (Fsp3) is 0.367. The molecular weight excluding hydrogens is 518 g/mol. The van der Waals surface area contributed by atoms with Gasteiger partial charge in [0.2, 0.25) is 0 Å². The second kappa shape index (κ2) is 15.4. The van der Waals surface area contributed by atoms with Gasteiger partial charge in [-0.3, -0.25) is 9.79 Å². The Morgan fingerprint density at radius 1 is 1.00 bits per heavy atom. The first kappa shape index (κ1) is 29.5. The summed E-state index contributed by atoms with van der Waals surface area (Å²) >= 11 is 3.51. The molecule has 8 heteroatoms. The van der Waals surface area contributed by atoms with E-state index < -0.39 is 0 Å². The first-order chi connectivity index (χ1) is 18.4. The molecule has 0 aliphatic rings. The Labute approximate surface area is 233 Å². The van der Waals surface area contributed by atoms with E-state index in [0.29, 0.717) is 50.5 Å². The van der Waals surface area contributed by atoms with Crippen molar-refractivity contribution in [1.29, 1.82) is 0 Å². The first-order valence-corrected chi connectivity index (χ1v) is 14.3. The Bertz CT molecular complexity index is 1240. The minimum atomic E-state index is -0.294. The Morgan fingerprint density at radius 3 is 2.58 bits per heavy atom. The third-order valence-corrected chi connectivity index (χ3v) is 8.02. The van der Waals surface area contributed by atoms with Gasteiger partial charge in [-0.25, -0.2) is 0 Å². The molecule has 0 aliphatic carbocycles. The zero-order valence-corrected chi connectivity index (χ0v) is 23.9. The number of esters is 1. The van der Waals surface area contributed by atoms with Crippen LogP contribution < -0.4 is 4.74 Å². The third-order valence-electron chi connectivity index (χ3n) is 5.65. The van der Waals surface area contributed by atoms with Gasteiger partial charge < -0.3 is 19.0 Å². The van der Waals surface area contributed by atoms with Crippen molar-refractivity contribution in [2.45, 2.75) is 46.5 Å². The Kier molecular flexibility index (Phi) is 11.9. The molecule has 6 nitrogen and oxygen atoms in total. The summed E-state index contributed by atoms with van der Waals surface area (Å²) in [7, 11) is 0. The lowest BCUT2D eigenvalue weighted by Gasteiger charge is -2.11. The zero-order chi connectivity index (χ0) is 27.3. The summed E-state index contributed by atoms with van der Waals surface area (Å²) in [5.74, 6) is 0.512. The lowest BCUT2D eigenvalue weighted by Crippen LogP contribution is -2.11. The highest BCUT2D eigenvalue weighted by Gasteiger charge is 2.09. The van der Waals surface area contributed by atoms with Crippen molar-refractivity contribution in [1.82, 2.24) is 0 Å². The zero-order valence-electron chi connectivity index (χ0n) is 22.3. The van der Waals surface area contributed by atoms with Crippen molar-refractivity contribution >= 4 is 46.3 Å². The molecule has 3 rings (SSSR count). The summed E-state index contributed by atoms with van der Waals surface area (Å²) in [5.41, 5.74) is 3.05. The maximum Gasteiger partial charge on any atom is 0.308 e. The van der Waals surface area contributed by atoms with Gasteiger partial charge in [0.05, 0.1) is 32.8 Å². The van der Waals surface area contributed by atoms with E-state index in [2.05, 4.69) is 38.6 Å². The molecular formula is C30H35NO5S2. The number of hydrogen-bond acceptors (Lipinski definition) is 8. The lowest BCUT2D eigenvalue weighted by molar-refractivity contribution is -0.145. The van der Waals surface area contributed by atoms with Crippen LogP contribution in [0.5, 0.6) is 5.75 Å². The molecule has 0 atom stereocenters. The Hall–Kier alpha value is -3.07. The highest BCUT2D eigenvalue weighted by atomic mass is 32.1. The van der Waals surface area contributed by atoms with Crippen LogP contribution in [0.1, 0.15) is 47.1 Å². The second-order valence-corrected chi connectivity index (χ2v) is 11.2. The van der Waals surface area contributed by atoms with E-state index in [9.17, 15) is 9.59 Å². The van der Waals surface area contributed by atoms with E-state index in [-0.39, 0.29) is 24.8 Å². The SMILES string of the molecule is C=CCOCCC(=O)OCCCOc1ccc(CCC(C)=O)cc1/N=C/c1ccc(-c2cc(C)c(C)s2)s1. The van der Waals surface area contributed by atoms with Gasteiger partial charge in [0, 0.05) is 38.6 Å². The average molecular weight is 554 g/mol. The molecule has 0 spiro atoms. The van der Waals surface area contributed by atoms with E-state index in [1.807, 2.05) is 24.4 Å². The minimum absolute atomic E-state index is 0.155. The molecule has 0 fully saturated rings. The van der Waals surface area contributed by atoms with E-state index in [4.69, 9.17) is 19.2 Å². The number of benzene rings is 1. The summed E-state index contributed by atoms with van der Waals surface area (Å²) in [4.78, 5) is 32.8. The quantitative estimate of drug-likeness (QED) is 0.0807. The molecule has 0 radical (unpaired) electrons. The molecule has 2 heterocycles. The predicted octanol–water partition coefficient (Wildman–Crippen LogP) is 7.27. The molecule has 0 amide bonds. The van der Waals surface area contributed by atoms with E-state index in [1.54, 1.807) is 35.7 Å².